The van der Waals surface area contributed by atoms with Gasteiger partial charge in [0.05, 0.1) is 4.90 Å². The fraction of sp³-hybridized carbons (Fsp3) is 0.227. The Bertz CT molecular complexity index is 1410. The predicted molar refractivity (Wildman–Crippen MR) is 119 cm³/mol. The van der Waals surface area contributed by atoms with Crippen LogP contribution in [0.3, 0.4) is 0 Å². The van der Waals surface area contributed by atoms with Crippen LogP contribution in [0.5, 0.6) is 0 Å². The molecule has 10 heteroatoms. The Hall–Kier alpha value is -3.17. The van der Waals surface area contributed by atoms with Crippen molar-refractivity contribution < 1.29 is 22.4 Å². The van der Waals surface area contributed by atoms with Gasteiger partial charge in [-0.15, -0.1) is 0 Å². The van der Waals surface area contributed by atoms with Crippen LogP contribution in [0.25, 0.3) is 11.0 Å². The van der Waals surface area contributed by atoms with Crippen molar-refractivity contribution in [1.82, 2.24) is 4.72 Å². The first-order valence-electron chi connectivity index (χ1n) is 9.80. The number of hydrogen-bond donors (Lipinski definition) is 1. The van der Waals surface area contributed by atoms with E-state index in [1.54, 1.807) is 37.3 Å². The molecule has 0 amide bonds. The molecule has 1 aliphatic heterocycles. The number of carbonyl (C=O) groups excluding carboxylic acids is 1. The summed E-state index contributed by atoms with van der Waals surface area (Å²) in [6, 6.07) is 11.2. The first-order valence-corrected chi connectivity index (χ1v) is 11.7. The zero-order chi connectivity index (χ0) is 22.9. The molecule has 0 unspecified atom stereocenters. The predicted octanol–water partition coefficient (Wildman–Crippen LogP) is 3.32. The van der Waals surface area contributed by atoms with Crippen molar-refractivity contribution in [3.63, 3.8) is 0 Å². The van der Waals surface area contributed by atoms with E-state index in [9.17, 15) is 18.0 Å². The summed E-state index contributed by atoms with van der Waals surface area (Å²) < 4.78 is 37.1. The minimum atomic E-state index is -3.59. The van der Waals surface area contributed by atoms with Gasteiger partial charge in [0.25, 0.3) is 10.0 Å². The van der Waals surface area contributed by atoms with Gasteiger partial charge in [-0.25, -0.2) is 13.2 Å². The van der Waals surface area contributed by atoms with Gasteiger partial charge in [0.1, 0.15) is 18.0 Å². The summed E-state index contributed by atoms with van der Waals surface area (Å²) in [6.45, 7) is 1.95. The zero-order valence-corrected chi connectivity index (χ0v) is 18.6. The van der Waals surface area contributed by atoms with Crippen molar-refractivity contribution in [1.29, 1.82) is 0 Å². The molecule has 0 atom stereocenters. The number of carbonyl (C=O) groups is 1. The first-order chi connectivity index (χ1) is 15.2. The molecule has 0 spiro atoms. The summed E-state index contributed by atoms with van der Waals surface area (Å²) in [6.07, 6.45) is 0.458. The molecule has 1 N–H and O–H groups in total. The number of ether oxygens (including phenoxy) is 1. The minimum Gasteiger partial charge on any atom is -0.461 e. The van der Waals surface area contributed by atoms with Gasteiger partial charge >= 0.3 is 11.6 Å². The molecule has 166 valence electrons. The molecule has 0 fully saturated rings. The number of esters is 1. The Morgan fingerprint density at radius 1 is 1.22 bits per heavy atom. The fourth-order valence-electron chi connectivity index (χ4n) is 3.36. The minimum absolute atomic E-state index is 0.0877. The summed E-state index contributed by atoms with van der Waals surface area (Å²) in [5.74, 6) is -0.194. The lowest BCUT2D eigenvalue weighted by molar-refractivity contribution is -0.145. The number of hydrogen-bond acceptors (Lipinski definition) is 7. The molecule has 0 aliphatic carbocycles. The van der Waals surface area contributed by atoms with Gasteiger partial charge in [-0.05, 0) is 43.2 Å². The highest BCUT2D eigenvalue weighted by Crippen LogP contribution is 2.26. The number of sulfonamides is 1. The molecule has 0 saturated heterocycles. The molecule has 0 radical (unpaired) electrons. The van der Waals surface area contributed by atoms with E-state index < -0.39 is 21.6 Å². The molecular formula is C22H19ClN2O6S. The molecule has 1 aromatic heterocycles. The number of fused-ring (bicyclic) bond motifs is 2. The third-order valence-corrected chi connectivity index (χ3v) is 6.77. The lowest BCUT2D eigenvalue weighted by Crippen LogP contribution is -2.22. The van der Waals surface area contributed by atoms with Crippen molar-refractivity contribution in [2.75, 3.05) is 6.54 Å². The van der Waals surface area contributed by atoms with Crippen LogP contribution in [0.2, 0.25) is 5.02 Å². The van der Waals surface area contributed by atoms with Gasteiger partial charge < -0.3 is 9.15 Å². The molecule has 32 heavy (non-hydrogen) atoms. The van der Waals surface area contributed by atoms with Crippen LogP contribution in [0, 0.1) is 6.92 Å². The molecule has 3 aromatic rings. The Labute approximate surface area is 188 Å². The quantitative estimate of drug-likeness (QED) is 0.333. The fourth-order valence-corrected chi connectivity index (χ4v) is 4.78. The van der Waals surface area contributed by atoms with Crippen molar-refractivity contribution in [3.8, 4) is 0 Å². The zero-order valence-electron chi connectivity index (χ0n) is 17.1. The van der Waals surface area contributed by atoms with Gasteiger partial charge in [-0.3, -0.25) is 14.5 Å². The van der Waals surface area contributed by atoms with E-state index in [-0.39, 0.29) is 30.3 Å². The molecular weight excluding hydrogens is 456 g/mol. The monoisotopic (exact) mass is 474 g/mol. The highest BCUT2D eigenvalue weighted by atomic mass is 35.5. The van der Waals surface area contributed by atoms with E-state index in [1.165, 1.54) is 12.1 Å². The van der Waals surface area contributed by atoms with Crippen LogP contribution in [0.4, 0.5) is 0 Å². The summed E-state index contributed by atoms with van der Waals surface area (Å²) in [5, 5.41) is 1.12. The van der Waals surface area contributed by atoms with Gasteiger partial charge in [0, 0.05) is 40.6 Å². The highest BCUT2D eigenvalue weighted by Gasteiger charge is 2.29. The molecule has 0 bridgehead atoms. The SMILES string of the molecule is Cc1cc2oc(=O)cc(COC(=O)CCCN=C3NS(=O)(=O)c4ccccc43)c2cc1Cl. The standard InChI is InChI=1S/C22H19ClN2O6S/c1-13-9-18-16(11-17(13)23)14(10-21(27)31-18)12-30-20(26)7-4-8-24-22-15-5-2-3-6-19(15)32(28,29)25-22/h2-3,5-6,9-11H,4,7-8,12H2,1H3,(H,24,25). The first kappa shape index (κ1) is 22.0. The number of benzene rings is 2. The highest BCUT2D eigenvalue weighted by molar-refractivity contribution is 7.90. The number of halogens is 1. The van der Waals surface area contributed by atoms with Gasteiger partial charge in [0.15, 0.2) is 0 Å². The van der Waals surface area contributed by atoms with Crippen LogP contribution < -0.4 is 10.3 Å². The second kappa shape index (κ2) is 8.76. The largest absolute Gasteiger partial charge is 0.461 e. The van der Waals surface area contributed by atoms with Crippen molar-refractivity contribution >= 4 is 44.4 Å². The maximum absolute atomic E-state index is 12.1. The van der Waals surface area contributed by atoms with Crippen molar-refractivity contribution in [2.45, 2.75) is 31.3 Å². The van der Waals surface area contributed by atoms with Crippen LogP contribution in [0.1, 0.15) is 29.5 Å². The number of nitrogens with one attached hydrogen (secondary N) is 1. The lowest BCUT2D eigenvalue weighted by atomic mass is 10.1. The van der Waals surface area contributed by atoms with Crippen LogP contribution in [-0.2, 0) is 26.2 Å². The number of aryl methyl sites for hydroxylation is 1. The Kier molecular flexibility index (Phi) is 6.03. The maximum atomic E-state index is 12.1. The Morgan fingerprint density at radius 2 is 2.00 bits per heavy atom. The summed E-state index contributed by atoms with van der Waals surface area (Å²) in [7, 11) is -3.59. The van der Waals surface area contributed by atoms with Gasteiger partial charge in [0.2, 0.25) is 0 Å². The van der Waals surface area contributed by atoms with Crippen LogP contribution in [-0.4, -0.2) is 26.8 Å². The van der Waals surface area contributed by atoms with Crippen molar-refractivity contribution in [3.05, 3.63) is 74.6 Å². The maximum Gasteiger partial charge on any atom is 0.336 e. The molecule has 4 rings (SSSR count). The molecule has 2 aromatic carbocycles. The summed E-state index contributed by atoms with van der Waals surface area (Å²) in [5.41, 5.74) is 1.62. The van der Waals surface area contributed by atoms with E-state index in [1.807, 2.05) is 0 Å². The Morgan fingerprint density at radius 3 is 2.81 bits per heavy atom. The number of rotatable bonds is 6. The normalized spacial score (nSPS) is 15.5. The number of amidine groups is 1. The van der Waals surface area contributed by atoms with E-state index >= 15 is 0 Å². The molecule has 2 heterocycles. The van der Waals surface area contributed by atoms with Gasteiger partial charge in [-0.1, -0.05) is 23.7 Å². The summed E-state index contributed by atoms with van der Waals surface area (Å²) >= 11 is 6.17. The number of nitrogens with zero attached hydrogens (tertiary/aromatic N) is 1. The lowest BCUT2D eigenvalue weighted by Gasteiger charge is -2.08. The third-order valence-electron chi connectivity index (χ3n) is 4.97. The van der Waals surface area contributed by atoms with E-state index in [0.29, 0.717) is 33.5 Å². The topological polar surface area (TPSA) is 115 Å². The van der Waals surface area contributed by atoms with Gasteiger partial charge in [-0.2, -0.15) is 0 Å². The third kappa shape index (κ3) is 4.53. The van der Waals surface area contributed by atoms with E-state index in [4.69, 9.17) is 20.8 Å². The van der Waals surface area contributed by atoms with Crippen molar-refractivity contribution in [2.24, 2.45) is 4.99 Å². The average Bonchev–Trinajstić information content (AvgIpc) is 3.01. The second-order valence-electron chi connectivity index (χ2n) is 7.28. The second-order valence-corrected chi connectivity index (χ2v) is 9.34. The van der Waals surface area contributed by atoms with Crippen LogP contribution >= 0.6 is 11.6 Å². The average molecular weight is 475 g/mol. The molecule has 0 saturated carbocycles. The smallest absolute Gasteiger partial charge is 0.336 e. The van der Waals surface area contributed by atoms with E-state index in [2.05, 4.69) is 9.71 Å². The number of aliphatic imine (C=N–C) groups is 1. The Balaban J connectivity index is 1.36. The van der Waals surface area contributed by atoms with E-state index in [0.717, 1.165) is 5.56 Å². The molecule has 1 aliphatic rings. The molecule has 8 nitrogen and oxygen atoms in total. The summed E-state index contributed by atoms with van der Waals surface area (Å²) in [4.78, 5) is 28.4. The van der Waals surface area contributed by atoms with Crippen LogP contribution in [0.15, 0.2) is 61.6 Å².